The fourth-order valence-electron chi connectivity index (χ4n) is 1.42. The summed E-state index contributed by atoms with van der Waals surface area (Å²) in [5, 5.41) is 1.90. The van der Waals surface area contributed by atoms with Crippen LogP contribution in [0.5, 0.6) is 0 Å². The van der Waals surface area contributed by atoms with Gasteiger partial charge in [0.05, 0.1) is 11.3 Å². The van der Waals surface area contributed by atoms with Gasteiger partial charge in [-0.2, -0.15) is 13.2 Å². The van der Waals surface area contributed by atoms with Crippen molar-refractivity contribution < 1.29 is 13.2 Å². The van der Waals surface area contributed by atoms with Crippen LogP contribution in [0.25, 0.3) is 11.3 Å². The summed E-state index contributed by atoms with van der Waals surface area (Å²) in [7, 11) is 0. The Morgan fingerprint density at radius 1 is 1.24 bits per heavy atom. The van der Waals surface area contributed by atoms with Crippen molar-refractivity contribution in [1.82, 2.24) is 4.98 Å². The lowest BCUT2D eigenvalue weighted by Crippen LogP contribution is -2.08. The molecule has 3 N–H and O–H groups in total. The van der Waals surface area contributed by atoms with Crippen molar-refractivity contribution >= 4 is 16.5 Å². The van der Waals surface area contributed by atoms with Gasteiger partial charge >= 0.3 is 6.18 Å². The second-order valence-corrected chi connectivity index (χ2v) is 4.08. The van der Waals surface area contributed by atoms with Gasteiger partial charge < -0.3 is 0 Å². The maximum Gasteiger partial charge on any atom is 0.417 e. The number of rotatable bonds is 2. The van der Waals surface area contributed by atoms with Crippen LogP contribution in [0.3, 0.4) is 0 Å². The Kier molecular flexibility index (Phi) is 3.03. The van der Waals surface area contributed by atoms with Crippen LogP contribution in [0, 0.1) is 0 Å². The van der Waals surface area contributed by atoms with Gasteiger partial charge in [-0.15, -0.1) is 11.3 Å². The Morgan fingerprint density at radius 2 is 1.94 bits per heavy atom. The highest BCUT2D eigenvalue weighted by molar-refractivity contribution is 7.14. The van der Waals surface area contributed by atoms with E-state index < -0.39 is 11.7 Å². The van der Waals surface area contributed by atoms with Crippen molar-refractivity contribution in [2.45, 2.75) is 6.18 Å². The summed E-state index contributed by atoms with van der Waals surface area (Å²) in [6.45, 7) is 0. The standard InChI is InChI=1S/C10H8F3N3S/c11-10(12,13)7-4-2-1-3-6(7)8-5-17-9(15-8)16-14/h1-5H,14H2,(H,15,16). The molecule has 0 saturated heterocycles. The molecule has 2 rings (SSSR count). The normalized spacial score (nSPS) is 11.5. The summed E-state index contributed by atoms with van der Waals surface area (Å²) in [6.07, 6.45) is -4.39. The fraction of sp³-hybridized carbons (Fsp3) is 0.100. The molecular formula is C10H8F3N3S. The van der Waals surface area contributed by atoms with E-state index in [1.807, 2.05) is 0 Å². The van der Waals surface area contributed by atoms with Crippen LogP contribution in [0.1, 0.15) is 5.56 Å². The fourth-order valence-corrected chi connectivity index (χ4v) is 2.04. The molecule has 0 fully saturated rings. The summed E-state index contributed by atoms with van der Waals surface area (Å²) in [6, 6.07) is 5.31. The zero-order valence-electron chi connectivity index (χ0n) is 8.45. The number of nitrogens with zero attached hydrogens (tertiary/aromatic N) is 1. The van der Waals surface area contributed by atoms with Gasteiger partial charge in [-0.1, -0.05) is 18.2 Å². The summed E-state index contributed by atoms with van der Waals surface area (Å²) in [5.41, 5.74) is 1.91. The topological polar surface area (TPSA) is 50.9 Å². The Labute approximate surface area is 99.1 Å². The van der Waals surface area contributed by atoms with E-state index in [0.29, 0.717) is 5.13 Å². The number of thiazole rings is 1. The predicted molar refractivity (Wildman–Crippen MR) is 60.4 cm³/mol. The van der Waals surface area contributed by atoms with E-state index in [-0.39, 0.29) is 11.3 Å². The van der Waals surface area contributed by atoms with Gasteiger partial charge in [0.2, 0.25) is 0 Å². The largest absolute Gasteiger partial charge is 0.417 e. The van der Waals surface area contributed by atoms with E-state index in [1.165, 1.54) is 17.5 Å². The molecular weight excluding hydrogens is 251 g/mol. The zero-order valence-corrected chi connectivity index (χ0v) is 9.27. The monoisotopic (exact) mass is 259 g/mol. The molecule has 0 amide bonds. The number of hydrogen-bond acceptors (Lipinski definition) is 4. The van der Waals surface area contributed by atoms with E-state index in [0.717, 1.165) is 17.4 Å². The Morgan fingerprint density at radius 3 is 2.53 bits per heavy atom. The maximum absolute atomic E-state index is 12.8. The van der Waals surface area contributed by atoms with Crippen LogP contribution in [-0.4, -0.2) is 4.98 Å². The highest BCUT2D eigenvalue weighted by Crippen LogP contribution is 2.37. The van der Waals surface area contributed by atoms with Gasteiger partial charge in [0.25, 0.3) is 0 Å². The molecule has 0 unspecified atom stereocenters. The number of hydrazine groups is 1. The van der Waals surface area contributed by atoms with Gasteiger partial charge in [0.15, 0.2) is 5.13 Å². The number of benzene rings is 1. The van der Waals surface area contributed by atoms with Crippen LogP contribution in [0.2, 0.25) is 0 Å². The highest BCUT2D eigenvalue weighted by Gasteiger charge is 2.33. The molecule has 0 bridgehead atoms. The first-order chi connectivity index (χ1) is 8.02. The molecule has 0 radical (unpaired) electrons. The van der Waals surface area contributed by atoms with E-state index >= 15 is 0 Å². The number of anilines is 1. The number of alkyl halides is 3. The van der Waals surface area contributed by atoms with Crippen molar-refractivity contribution in [3.8, 4) is 11.3 Å². The lowest BCUT2D eigenvalue weighted by atomic mass is 10.1. The molecule has 1 heterocycles. The molecule has 0 aliphatic carbocycles. The molecule has 0 atom stereocenters. The van der Waals surface area contributed by atoms with Crippen LogP contribution in [-0.2, 0) is 6.18 Å². The lowest BCUT2D eigenvalue weighted by Gasteiger charge is -2.10. The number of nitrogens with two attached hydrogens (primary N) is 1. The van der Waals surface area contributed by atoms with Crippen LogP contribution >= 0.6 is 11.3 Å². The first-order valence-electron chi connectivity index (χ1n) is 4.61. The van der Waals surface area contributed by atoms with Crippen molar-refractivity contribution in [3.63, 3.8) is 0 Å². The van der Waals surface area contributed by atoms with E-state index in [2.05, 4.69) is 10.4 Å². The Hall–Kier alpha value is -1.60. The summed E-state index contributed by atoms with van der Waals surface area (Å²) >= 11 is 1.15. The molecule has 0 aliphatic heterocycles. The number of nitrogens with one attached hydrogen (secondary N) is 1. The third kappa shape index (κ3) is 2.40. The average molecular weight is 259 g/mol. The Bertz CT molecular complexity index is 522. The third-order valence-electron chi connectivity index (χ3n) is 2.14. The van der Waals surface area contributed by atoms with Crippen molar-refractivity contribution in [3.05, 3.63) is 35.2 Å². The van der Waals surface area contributed by atoms with Crippen molar-refractivity contribution in [2.75, 3.05) is 5.43 Å². The first kappa shape index (κ1) is 11.9. The van der Waals surface area contributed by atoms with E-state index in [4.69, 9.17) is 5.84 Å². The quantitative estimate of drug-likeness (QED) is 0.643. The smallest absolute Gasteiger partial charge is 0.300 e. The number of hydrogen-bond donors (Lipinski definition) is 2. The average Bonchev–Trinajstić information content (AvgIpc) is 2.76. The number of nitrogen functional groups attached to an aromatic ring is 1. The minimum Gasteiger partial charge on any atom is -0.300 e. The highest BCUT2D eigenvalue weighted by atomic mass is 32.1. The Balaban J connectivity index is 2.52. The predicted octanol–water partition coefficient (Wildman–Crippen LogP) is 3.11. The minimum atomic E-state index is -4.39. The zero-order chi connectivity index (χ0) is 12.5. The molecule has 7 heteroatoms. The van der Waals surface area contributed by atoms with Gasteiger partial charge in [0.1, 0.15) is 0 Å². The molecule has 1 aromatic heterocycles. The number of aromatic nitrogens is 1. The molecule has 0 saturated carbocycles. The number of halogens is 3. The van der Waals surface area contributed by atoms with E-state index in [9.17, 15) is 13.2 Å². The molecule has 3 nitrogen and oxygen atoms in total. The SMILES string of the molecule is NNc1nc(-c2ccccc2C(F)(F)F)cs1. The van der Waals surface area contributed by atoms with Crippen LogP contribution in [0.4, 0.5) is 18.3 Å². The second kappa shape index (κ2) is 4.34. The maximum atomic E-state index is 12.8. The minimum absolute atomic E-state index is 0.0535. The summed E-state index contributed by atoms with van der Waals surface area (Å²) < 4.78 is 38.3. The molecule has 0 spiro atoms. The van der Waals surface area contributed by atoms with E-state index in [1.54, 1.807) is 6.07 Å². The molecule has 2 aromatic rings. The molecule has 1 aromatic carbocycles. The third-order valence-corrected chi connectivity index (χ3v) is 2.91. The van der Waals surface area contributed by atoms with Gasteiger partial charge in [-0.05, 0) is 6.07 Å². The van der Waals surface area contributed by atoms with Crippen molar-refractivity contribution in [2.24, 2.45) is 5.84 Å². The summed E-state index contributed by atoms with van der Waals surface area (Å²) in [4.78, 5) is 3.96. The van der Waals surface area contributed by atoms with Crippen LogP contribution in [0.15, 0.2) is 29.6 Å². The molecule has 90 valence electrons. The van der Waals surface area contributed by atoms with Gasteiger partial charge in [0, 0.05) is 10.9 Å². The first-order valence-corrected chi connectivity index (χ1v) is 5.49. The molecule has 17 heavy (non-hydrogen) atoms. The lowest BCUT2D eigenvalue weighted by molar-refractivity contribution is -0.137. The van der Waals surface area contributed by atoms with Crippen molar-refractivity contribution in [1.29, 1.82) is 0 Å². The summed E-state index contributed by atoms with van der Waals surface area (Å²) in [5.74, 6) is 5.14. The van der Waals surface area contributed by atoms with Gasteiger partial charge in [-0.3, -0.25) is 5.43 Å². The molecule has 0 aliphatic rings. The van der Waals surface area contributed by atoms with Crippen LogP contribution < -0.4 is 11.3 Å². The second-order valence-electron chi connectivity index (χ2n) is 3.23. The van der Waals surface area contributed by atoms with Gasteiger partial charge in [-0.25, -0.2) is 10.8 Å².